The smallest absolute Gasteiger partial charge is 0.317 e. The van der Waals surface area contributed by atoms with Crippen molar-refractivity contribution in [2.45, 2.75) is 37.0 Å². The molecule has 1 aromatic heterocycles. The van der Waals surface area contributed by atoms with Crippen LogP contribution in [0, 0.1) is 0 Å². The fourth-order valence-corrected chi connectivity index (χ4v) is 2.16. The highest BCUT2D eigenvalue weighted by Crippen LogP contribution is 2.45. The van der Waals surface area contributed by atoms with Crippen molar-refractivity contribution in [3.8, 4) is 0 Å². The number of alkyl halides is 2. The van der Waals surface area contributed by atoms with Crippen molar-refractivity contribution in [1.82, 2.24) is 0 Å². The first kappa shape index (κ1) is 11.1. The van der Waals surface area contributed by atoms with E-state index >= 15 is 0 Å². The Hall–Kier alpha value is -1.39. The topological polar surface area (TPSA) is 50.4 Å². The lowest BCUT2D eigenvalue weighted by atomic mass is 9.71. The molecule has 16 heavy (non-hydrogen) atoms. The second-order valence-corrected chi connectivity index (χ2v) is 4.22. The number of rotatable bonds is 2. The maximum Gasteiger partial charge on any atom is 0.317 e. The van der Waals surface area contributed by atoms with Gasteiger partial charge in [-0.2, -0.15) is 0 Å². The predicted octanol–water partition coefficient (Wildman–Crippen LogP) is 2.81. The van der Waals surface area contributed by atoms with E-state index in [1.165, 1.54) is 12.3 Å². The Balaban J connectivity index is 2.30. The number of hydrogen-bond acceptors (Lipinski definition) is 2. The fraction of sp³-hybridized carbons (Fsp3) is 0.545. The molecule has 88 valence electrons. The summed E-state index contributed by atoms with van der Waals surface area (Å²) in [6, 6.07) is 3.12. The molecule has 1 aliphatic carbocycles. The number of aliphatic carboxylic acids is 1. The molecule has 1 aromatic rings. The van der Waals surface area contributed by atoms with E-state index in [1.807, 2.05) is 0 Å². The largest absolute Gasteiger partial charge is 0.480 e. The molecule has 3 nitrogen and oxygen atoms in total. The molecular formula is C11H12F2O3. The summed E-state index contributed by atoms with van der Waals surface area (Å²) in [5.41, 5.74) is -1.27. The highest BCUT2D eigenvalue weighted by Gasteiger charge is 2.50. The van der Waals surface area contributed by atoms with Crippen molar-refractivity contribution in [2.75, 3.05) is 0 Å². The van der Waals surface area contributed by atoms with Gasteiger partial charge in [-0.3, -0.25) is 4.79 Å². The van der Waals surface area contributed by atoms with Gasteiger partial charge in [0.1, 0.15) is 11.2 Å². The Morgan fingerprint density at radius 3 is 2.38 bits per heavy atom. The fourth-order valence-electron chi connectivity index (χ4n) is 2.16. The molecule has 1 N–H and O–H groups in total. The van der Waals surface area contributed by atoms with Gasteiger partial charge in [-0.05, 0) is 25.0 Å². The molecule has 2 rings (SSSR count). The third-order valence-electron chi connectivity index (χ3n) is 3.24. The van der Waals surface area contributed by atoms with Crippen LogP contribution < -0.4 is 0 Å². The van der Waals surface area contributed by atoms with Gasteiger partial charge >= 0.3 is 5.97 Å². The maximum absolute atomic E-state index is 13.0. The summed E-state index contributed by atoms with van der Waals surface area (Å²) in [7, 11) is 0. The van der Waals surface area contributed by atoms with Gasteiger partial charge in [-0.1, -0.05) is 0 Å². The minimum atomic E-state index is -2.74. The van der Waals surface area contributed by atoms with Crippen LogP contribution in [0.1, 0.15) is 31.4 Å². The summed E-state index contributed by atoms with van der Waals surface area (Å²) in [5.74, 6) is -3.56. The number of halogens is 2. The second kappa shape index (κ2) is 3.57. The van der Waals surface area contributed by atoms with E-state index in [2.05, 4.69) is 0 Å². The standard InChI is InChI=1S/C11H12F2O3/c12-11(13)5-3-10(4-6-11,9(14)15)8-2-1-7-16-8/h1-2,7H,3-6H2,(H,14,15). The summed E-state index contributed by atoms with van der Waals surface area (Å²) in [4.78, 5) is 11.3. The lowest BCUT2D eigenvalue weighted by Gasteiger charge is -2.35. The van der Waals surface area contributed by atoms with Crippen LogP contribution in [0.15, 0.2) is 22.8 Å². The van der Waals surface area contributed by atoms with Crippen molar-refractivity contribution in [1.29, 1.82) is 0 Å². The molecule has 0 atom stereocenters. The summed E-state index contributed by atoms with van der Waals surface area (Å²) in [6.07, 6.45) is 0.401. The zero-order valence-corrected chi connectivity index (χ0v) is 8.58. The molecule has 0 saturated heterocycles. The molecule has 0 amide bonds. The molecule has 0 unspecified atom stereocenters. The molecule has 0 spiro atoms. The third-order valence-corrected chi connectivity index (χ3v) is 3.24. The van der Waals surface area contributed by atoms with Crippen LogP contribution in [0.4, 0.5) is 8.78 Å². The van der Waals surface area contributed by atoms with Crippen molar-refractivity contribution in [2.24, 2.45) is 0 Å². The Morgan fingerprint density at radius 1 is 1.31 bits per heavy atom. The first-order valence-corrected chi connectivity index (χ1v) is 5.12. The van der Waals surface area contributed by atoms with E-state index in [1.54, 1.807) is 6.07 Å². The normalized spacial score (nSPS) is 22.9. The molecule has 0 aromatic carbocycles. The van der Waals surface area contributed by atoms with Crippen LogP contribution in [0.5, 0.6) is 0 Å². The Labute approximate surface area is 91.1 Å². The number of carboxylic acids is 1. The second-order valence-electron chi connectivity index (χ2n) is 4.22. The summed E-state index contributed by atoms with van der Waals surface area (Å²) >= 11 is 0. The van der Waals surface area contributed by atoms with Gasteiger partial charge < -0.3 is 9.52 Å². The minimum absolute atomic E-state index is 0.0805. The van der Waals surface area contributed by atoms with E-state index in [4.69, 9.17) is 4.42 Å². The number of carboxylic acid groups (broad SMARTS) is 1. The van der Waals surface area contributed by atoms with Crippen molar-refractivity contribution in [3.05, 3.63) is 24.2 Å². The number of carbonyl (C=O) groups is 1. The highest BCUT2D eigenvalue weighted by atomic mass is 19.3. The average molecular weight is 230 g/mol. The molecule has 0 aliphatic heterocycles. The summed E-state index contributed by atoms with van der Waals surface area (Å²) < 4.78 is 31.1. The van der Waals surface area contributed by atoms with Gasteiger partial charge in [0, 0.05) is 12.8 Å². The first-order chi connectivity index (χ1) is 7.46. The minimum Gasteiger partial charge on any atom is -0.480 e. The Morgan fingerprint density at radius 2 is 1.94 bits per heavy atom. The molecule has 1 heterocycles. The van der Waals surface area contributed by atoms with E-state index < -0.39 is 30.1 Å². The lowest BCUT2D eigenvalue weighted by molar-refractivity contribution is -0.150. The van der Waals surface area contributed by atoms with Gasteiger partial charge in [0.2, 0.25) is 5.92 Å². The summed E-state index contributed by atoms with van der Waals surface area (Å²) in [5, 5.41) is 9.23. The molecule has 1 fully saturated rings. The zero-order chi connectivity index (χ0) is 11.8. The molecule has 5 heteroatoms. The van der Waals surface area contributed by atoms with Crippen molar-refractivity contribution >= 4 is 5.97 Å². The average Bonchev–Trinajstić information content (AvgIpc) is 2.71. The van der Waals surface area contributed by atoms with E-state index in [9.17, 15) is 18.7 Å². The molecule has 0 radical (unpaired) electrons. The van der Waals surface area contributed by atoms with Crippen LogP contribution in [0.25, 0.3) is 0 Å². The predicted molar refractivity (Wildman–Crippen MR) is 51.4 cm³/mol. The van der Waals surface area contributed by atoms with Crippen LogP contribution in [0.3, 0.4) is 0 Å². The SMILES string of the molecule is O=C(O)C1(c2ccco2)CCC(F)(F)CC1. The monoisotopic (exact) mass is 230 g/mol. The Bertz CT molecular complexity index is 374. The van der Waals surface area contributed by atoms with Crippen LogP contribution in [-0.2, 0) is 10.2 Å². The third kappa shape index (κ3) is 1.70. The van der Waals surface area contributed by atoms with Gasteiger partial charge in [0.15, 0.2) is 0 Å². The van der Waals surface area contributed by atoms with Gasteiger partial charge in [-0.25, -0.2) is 8.78 Å². The lowest BCUT2D eigenvalue weighted by Crippen LogP contribution is -2.42. The zero-order valence-electron chi connectivity index (χ0n) is 8.58. The van der Waals surface area contributed by atoms with Gasteiger partial charge in [0.05, 0.1) is 6.26 Å². The van der Waals surface area contributed by atoms with E-state index in [0.29, 0.717) is 0 Å². The molecular weight excluding hydrogens is 218 g/mol. The van der Waals surface area contributed by atoms with E-state index in [-0.39, 0.29) is 18.6 Å². The Kier molecular flexibility index (Phi) is 2.48. The highest BCUT2D eigenvalue weighted by molar-refractivity contribution is 5.80. The van der Waals surface area contributed by atoms with E-state index in [0.717, 1.165) is 0 Å². The van der Waals surface area contributed by atoms with Crippen LogP contribution in [-0.4, -0.2) is 17.0 Å². The maximum atomic E-state index is 13.0. The van der Waals surface area contributed by atoms with Crippen LogP contribution >= 0.6 is 0 Å². The molecule has 1 aliphatic rings. The van der Waals surface area contributed by atoms with Crippen molar-refractivity contribution < 1.29 is 23.1 Å². The van der Waals surface area contributed by atoms with Gasteiger partial charge in [-0.15, -0.1) is 0 Å². The van der Waals surface area contributed by atoms with Crippen LogP contribution in [0.2, 0.25) is 0 Å². The first-order valence-electron chi connectivity index (χ1n) is 5.12. The summed E-state index contributed by atoms with van der Waals surface area (Å²) in [6.45, 7) is 0. The number of hydrogen-bond donors (Lipinski definition) is 1. The quantitative estimate of drug-likeness (QED) is 0.849. The molecule has 1 saturated carbocycles. The molecule has 0 bridgehead atoms. The van der Waals surface area contributed by atoms with Crippen molar-refractivity contribution in [3.63, 3.8) is 0 Å². The van der Waals surface area contributed by atoms with Gasteiger partial charge in [0.25, 0.3) is 0 Å². The number of furan rings is 1.